The smallest absolute Gasteiger partial charge is 0.372 e. The molecule has 2 heterocycles. The van der Waals surface area contributed by atoms with Gasteiger partial charge in [-0.05, 0) is 49.6 Å². The van der Waals surface area contributed by atoms with E-state index >= 15 is 0 Å². The van der Waals surface area contributed by atoms with Crippen LogP contribution in [-0.2, 0) is 6.18 Å². The van der Waals surface area contributed by atoms with Crippen molar-refractivity contribution in [3.05, 3.63) is 70.0 Å². The number of pyridine rings is 1. The number of aromatic amines is 1. The van der Waals surface area contributed by atoms with Gasteiger partial charge in [-0.15, -0.1) is 0 Å². The summed E-state index contributed by atoms with van der Waals surface area (Å²) in [6, 6.07) is 10.5. The quantitative estimate of drug-likeness (QED) is 0.647. The Morgan fingerprint density at radius 2 is 1.77 bits per heavy atom. The van der Waals surface area contributed by atoms with Crippen LogP contribution >= 0.6 is 0 Å². The number of carbonyl (C=O) groups excluding carboxylic acids is 1. The van der Waals surface area contributed by atoms with Crippen molar-refractivity contribution < 1.29 is 18.0 Å². The van der Waals surface area contributed by atoms with Gasteiger partial charge in [0.1, 0.15) is 5.56 Å². The van der Waals surface area contributed by atoms with Gasteiger partial charge in [-0.1, -0.05) is 12.1 Å². The standard InChI is InChI=1S/C22H20F3N3O2/c23-22(24,25)17-12-14(28-10-4-1-5-11-28)8-9-19(17)27-21(30)16-13-26-18-7-3-2-6-15(18)20(16)29/h2-3,6-9,12-13H,1,4-5,10-11H2,(H,26,29)(H,27,30). The number of rotatable bonds is 3. The number of benzene rings is 2. The fourth-order valence-corrected chi connectivity index (χ4v) is 3.75. The minimum absolute atomic E-state index is 0.248. The highest BCUT2D eigenvalue weighted by atomic mass is 19.4. The molecule has 4 rings (SSSR count). The van der Waals surface area contributed by atoms with Crippen LogP contribution in [0.4, 0.5) is 24.5 Å². The average molecular weight is 415 g/mol. The number of carbonyl (C=O) groups is 1. The molecular weight excluding hydrogens is 395 g/mol. The van der Waals surface area contributed by atoms with E-state index in [1.807, 2.05) is 4.90 Å². The number of nitrogens with zero attached hydrogens (tertiary/aromatic N) is 1. The third-order valence-corrected chi connectivity index (χ3v) is 5.31. The number of amides is 1. The van der Waals surface area contributed by atoms with E-state index in [4.69, 9.17) is 0 Å². The second-order valence-electron chi connectivity index (χ2n) is 7.31. The van der Waals surface area contributed by atoms with Gasteiger partial charge >= 0.3 is 6.18 Å². The number of alkyl halides is 3. The molecule has 0 saturated carbocycles. The highest BCUT2D eigenvalue weighted by molar-refractivity contribution is 6.06. The Hall–Kier alpha value is -3.29. The molecule has 0 unspecified atom stereocenters. The fraction of sp³-hybridized carbons (Fsp3) is 0.273. The molecule has 3 aromatic rings. The average Bonchev–Trinajstić information content (AvgIpc) is 2.74. The lowest BCUT2D eigenvalue weighted by Crippen LogP contribution is -2.30. The molecule has 2 aromatic carbocycles. The number of nitrogens with one attached hydrogen (secondary N) is 2. The van der Waals surface area contributed by atoms with E-state index in [0.717, 1.165) is 25.3 Å². The zero-order valence-corrected chi connectivity index (χ0v) is 16.1. The number of hydrogen-bond acceptors (Lipinski definition) is 3. The summed E-state index contributed by atoms with van der Waals surface area (Å²) >= 11 is 0. The number of para-hydroxylation sites is 1. The molecule has 5 nitrogen and oxygen atoms in total. The van der Waals surface area contributed by atoms with E-state index in [1.54, 1.807) is 30.3 Å². The number of anilines is 2. The van der Waals surface area contributed by atoms with Crippen LogP contribution < -0.4 is 15.6 Å². The number of H-pyrrole nitrogens is 1. The molecular formula is C22H20F3N3O2. The molecule has 0 atom stereocenters. The van der Waals surface area contributed by atoms with Crippen molar-refractivity contribution in [2.24, 2.45) is 0 Å². The van der Waals surface area contributed by atoms with Crippen LogP contribution in [0.15, 0.2) is 53.5 Å². The number of piperidine rings is 1. The number of hydrogen-bond donors (Lipinski definition) is 2. The van der Waals surface area contributed by atoms with E-state index < -0.39 is 23.1 Å². The van der Waals surface area contributed by atoms with E-state index in [9.17, 15) is 22.8 Å². The monoisotopic (exact) mass is 415 g/mol. The molecule has 0 bridgehead atoms. The Bertz CT molecular complexity index is 1150. The first-order valence-corrected chi connectivity index (χ1v) is 9.72. The van der Waals surface area contributed by atoms with Crippen molar-refractivity contribution >= 4 is 28.2 Å². The lowest BCUT2D eigenvalue weighted by molar-refractivity contribution is -0.136. The van der Waals surface area contributed by atoms with Crippen LogP contribution in [0.25, 0.3) is 10.9 Å². The Labute approximate surface area is 170 Å². The molecule has 1 aromatic heterocycles. The predicted octanol–water partition coefficient (Wildman–Crippen LogP) is 4.79. The summed E-state index contributed by atoms with van der Waals surface area (Å²) in [6.45, 7) is 1.41. The molecule has 1 amide bonds. The number of fused-ring (bicyclic) bond motifs is 1. The van der Waals surface area contributed by atoms with Crippen LogP contribution in [0.3, 0.4) is 0 Å². The van der Waals surface area contributed by atoms with Gasteiger partial charge < -0.3 is 15.2 Å². The Kier molecular flexibility index (Phi) is 5.24. The predicted molar refractivity (Wildman–Crippen MR) is 110 cm³/mol. The largest absolute Gasteiger partial charge is 0.418 e. The molecule has 156 valence electrons. The molecule has 30 heavy (non-hydrogen) atoms. The fourth-order valence-electron chi connectivity index (χ4n) is 3.75. The number of halogens is 3. The van der Waals surface area contributed by atoms with Crippen molar-refractivity contribution in [1.82, 2.24) is 4.98 Å². The highest BCUT2D eigenvalue weighted by Crippen LogP contribution is 2.38. The van der Waals surface area contributed by atoms with Crippen molar-refractivity contribution in [3.8, 4) is 0 Å². The highest BCUT2D eigenvalue weighted by Gasteiger charge is 2.35. The summed E-state index contributed by atoms with van der Waals surface area (Å²) in [6.07, 6.45) is -0.494. The van der Waals surface area contributed by atoms with Crippen LogP contribution in [0.1, 0.15) is 35.2 Å². The van der Waals surface area contributed by atoms with Crippen LogP contribution in [0.2, 0.25) is 0 Å². The molecule has 0 radical (unpaired) electrons. The third-order valence-electron chi connectivity index (χ3n) is 5.31. The SMILES string of the molecule is O=C(Nc1ccc(N2CCCCC2)cc1C(F)(F)F)c1c[nH]c2ccccc2c1=O. The minimum atomic E-state index is -4.65. The molecule has 8 heteroatoms. The van der Waals surface area contributed by atoms with Gasteiger partial charge in [0.05, 0.1) is 11.3 Å². The topological polar surface area (TPSA) is 65.2 Å². The van der Waals surface area contributed by atoms with Crippen molar-refractivity contribution in [1.29, 1.82) is 0 Å². The van der Waals surface area contributed by atoms with Crippen molar-refractivity contribution in [2.45, 2.75) is 25.4 Å². The summed E-state index contributed by atoms with van der Waals surface area (Å²) in [7, 11) is 0. The third kappa shape index (κ3) is 3.90. The van der Waals surface area contributed by atoms with Crippen LogP contribution in [0, 0.1) is 0 Å². The van der Waals surface area contributed by atoms with Gasteiger partial charge in [0.2, 0.25) is 5.43 Å². The number of aromatic nitrogens is 1. The summed E-state index contributed by atoms with van der Waals surface area (Å²) in [5.74, 6) is -0.891. The van der Waals surface area contributed by atoms with E-state index in [0.29, 0.717) is 29.7 Å². The molecule has 1 aliphatic heterocycles. The van der Waals surface area contributed by atoms with E-state index in [-0.39, 0.29) is 11.3 Å². The summed E-state index contributed by atoms with van der Waals surface area (Å²) in [5, 5.41) is 2.56. The molecule has 2 N–H and O–H groups in total. The maximum Gasteiger partial charge on any atom is 0.418 e. The molecule has 1 fully saturated rings. The van der Waals surface area contributed by atoms with Gasteiger partial charge in [0.15, 0.2) is 0 Å². The van der Waals surface area contributed by atoms with Gasteiger partial charge in [0.25, 0.3) is 5.91 Å². The summed E-state index contributed by atoms with van der Waals surface area (Å²) < 4.78 is 41.1. The van der Waals surface area contributed by atoms with Gasteiger partial charge in [-0.3, -0.25) is 9.59 Å². The van der Waals surface area contributed by atoms with Crippen molar-refractivity contribution in [3.63, 3.8) is 0 Å². The van der Waals surface area contributed by atoms with E-state index in [1.165, 1.54) is 12.3 Å². The molecule has 1 aliphatic rings. The van der Waals surface area contributed by atoms with Gasteiger partial charge in [-0.25, -0.2) is 0 Å². The Balaban J connectivity index is 1.67. The maximum absolute atomic E-state index is 13.7. The zero-order valence-electron chi connectivity index (χ0n) is 16.1. The normalized spacial score (nSPS) is 14.7. The lowest BCUT2D eigenvalue weighted by atomic mass is 10.1. The van der Waals surface area contributed by atoms with Gasteiger partial charge in [-0.2, -0.15) is 13.2 Å². The minimum Gasteiger partial charge on any atom is -0.372 e. The first kappa shape index (κ1) is 20.0. The first-order valence-electron chi connectivity index (χ1n) is 9.72. The first-order chi connectivity index (χ1) is 14.3. The molecule has 0 spiro atoms. The van der Waals surface area contributed by atoms with Crippen molar-refractivity contribution in [2.75, 3.05) is 23.3 Å². The zero-order chi connectivity index (χ0) is 21.3. The summed E-state index contributed by atoms with van der Waals surface area (Å²) in [5.41, 5.74) is -1.08. The second kappa shape index (κ2) is 7.85. The summed E-state index contributed by atoms with van der Waals surface area (Å²) in [4.78, 5) is 30.0. The van der Waals surface area contributed by atoms with E-state index in [2.05, 4.69) is 10.3 Å². The lowest BCUT2D eigenvalue weighted by Gasteiger charge is -2.29. The molecule has 1 saturated heterocycles. The Morgan fingerprint density at radius 3 is 2.50 bits per heavy atom. The van der Waals surface area contributed by atoms with Crippen LogP contribution in [0.5, 0.6) is 0 Å². The Morgan fingerprint density at radius 1 is 1.03 bits per heavy atom. The van der Waals surface area contributed by atoms with Crippen LogP contribution in [-0.4, -0.2) is 24.0 Å². The molecule has 0 aliphatic carbocycles. The van der Waals surface area contributed by atoms with Gasteiger partial charge in [0, 0.05) is 35.9 Å². The second-order valence-corrected chi connectivity index (χ2v) is 7.31. The maximum atomic E-state index is 13.7.